The van der Waals surface area contributed by atoms with Crippen LogP contribution in [-0.2, 0) is 6.42 Å². The van der Waals surface area contributed by atoms with E-state index >= 15 is 0 Å². The number of nitrogens with zero attached hydrogens (tertiary/aromatic N) is 1. The number of halogens is 1. The lowest BCUT2D eigenvalue weighted by Gasteiger charge is -2.04. The first-order chi connectivity index (χ1) is 6.26. The molecule has 1 aromatic rings. The summed E-state index contributed by atoms with van der Waals surface area (Å²) in [5.74, 6) is 0.736. The number of aryl methyl sites for hydroxylation is 1. The van der Waals surface area contributed by atoms with E-state index in [1.165, 1.54) is 10.0 Å². The molecule has 74 valence electrons. The first kappa shape index (κ1) is 11.3. The molecule has 0 bridgehead atoms. The Morgan fingerprint density at radius 2 is 2.46 bits per heavy atom. The maximum atomic E-state index is 5.66. The van der Waals surface area contributed by atoms with Crippen LogP contribution < -0.4 is 0 Å². The van der Waals surface area contributed by atoms with Gasteiger partial charge in [0, 0.05) is 16.5 Å². The summed E-state index contributed by atoms with van der Waals surface area (Å²) in [6, 6.07) is 0. The molecule has 13 heavy (non-hydrogen) atoms. The minimum absolute atomic E-state index is 0.577. The second-order valence-electron chi connectivity index (χ2n) is 2.86. The average molecular weight is 236 g/mol. The summed E-state index contributed by atoms with van der Waals surface area (Å²) < 4.78 is 1.18. The monoisotopic (exact) mass is 235 g/mol. The normalized spacial score (nSPS) is 13.2. The summed E-state index contributed by atoms with van der Waals surface area (Å²) >= 11 is 9.23. The maximum absolute atomic E-state index is 5.66. The zero-order valence-corrected chi connectivity index (χ0v) is 10.3. The van der Waals surface area contributed by atoms with Crippen LogP contribution in [0.4, 0.5) is 0 Å². The Bertz CT molecular complexity index is 250. The molecule has 1 unspecified atom stereocenters. The second-order valence-corrected chi connectivity index (χ2v) is 5.79. The third kappa shape index (κ3) is 3.88. The average Bonchev–Trinajstić information content (AvgIpc) is 2.52. The molecule has 0 aliphatic carbocycles. The van der Waals surface area contributed by atoms with Gasteiger partial charge in [-0.3, -0.25) is 0 Å². The van der Waals surface area contributed by atoms with Crippen LogP contribution in [0.5, 0.6) is 0 Å². The third-order valence-corrected chi connectivity index (χ3v) is 4.12. The molecule has 0 aliphatic rings. The zero-order chi connectivity index (χ0) is 9.68. The Hall–Kier alpha value is 0.270. The van der Waals surface area contributed by atoms with Crippen LogP contribution in [0.3, 0.4) is 0 Å². The van der Waals surface area contributed by atoms with Crippen LogP contribution in [0.2, 0.25) is 0 Å². The molecule has 1 aromatic heterocycles. The second kappa shape index (κ2) is 5.89. The van der Waals surface area contributed by atoms with Crippen molar-refractivity contribution in [2.24, 2.45) is 0 Å². The maximum Gasteiger partial charge on any atom is 0.150 e. The van der Waals surface area contributed by atoms with Crippen LogP contribution in [-0.4, -0.2) is 16.1 Å². The Balaban J connectivity index is 2.44. The Kier molecular flexibility index (Phi) is 5.14. The van der Waals surface area contributed by atoms with Crippen LogP contribution in [0.25, 0.3) is 0 Å². The summed E-state index contributed by atoms with van der Waals surface area (Å²) in [4.78, 5) is 4.49. The fourth-order valence-corrected chi connectivity index (χ4v) is 3.58. The van der Waals surface area contributed by atoms with Gasteiger partial charge in [-0.1, -0.05) is 25.6 Å². The van der Waals surface area contributed by atoms with E-state index in [2.05, 4.69) is 24.2 Å². The van der Waals surface area contributed by atoms with Gasteiger partial charge < -0.3 is 0 Å². The van der Waals surface area contributed by atoms with Gasteiger partial charge in [0.05, 0.1) is 5.69 Å². The number of thiazole rings is 1. The van der Waals surface area contributed by atoms with Crippen molar-refractivity contribution in [3.05, 3.63) is 11.1 Å². The number of hydrogen-bond acceptors (Lipinski definition) is 3. The van der Waals surface area contributed by atoms with Gasteiger partial charge in [0.15, 0.2) is 0 Å². The summed E-state index contributed by atoms with van der Waals surface area (Å²) in [5, 5.41) is 2.71. The van der Waals surface area contributed by atoms with Crippen molar-refractivity contribution in [3.8, 4) is 0 Å². The smallest absolute Gasteiger partial charge is 0.150 e. The standard InChI is InChI=1S/C9H14ClNS2/c1-3-8-6-12-9(11-8)13-7(2)4-5-10/h6-7H,3-5H2,1-2H3. The van der Waals surface area contributed by atoms with Crippen LogP contribution in [0, 0.1) is 0 Å². The summed E-state index contributed by atoms with van der Waals surface area (Å²) in [6.07, 6.45) is 2.08. The van der Waals surface area contributed by atoms with Crippen molar-refractivity contribution in [1.29, 1.82) is 0 Å². The first-order valence-corrected chi connectivity index (χ1v) is 6.72. The number of hydrogen-bond donors (Lipinski definition) is 0. The molecule has 0 N–H and O–H groups in total. The minimum atomic E-state index is 0.577. The summed E-state index contributed by atoms with van der Waals surface area (Å²) in [5.41, 5.74) is 1.20. The van der Waals surface area contributed by atoms with Crippen molar-refractivity contribution < 1.29 is 0 Å². The van der Waals surface area contributed by atoms with Gasteiger partial charge in [0.1, 0.15) is 4.34 Å². The van der Waals surface area contributed by atoms with Crippen molar-refractivity contribution in [3.63, 3.8) is 0 Å². The number of alkyl halides is 1. The quantitative estimate of drug-likeness (QED) is 0.569. The van der Waals surface area contributed by atoms with Crippen molar-refractivity contribution in [1.82, 2.24) is 4.98 Å². The number of thioether (sulfide) groups is 1. The molecule has 0 radical (unpaired) electrons. The highest BCUT2D eigenvalue weighted by molar-refractivity contribution is 8.01. The molecule has 0 aliphatic heterocycles. The highest BCUT2D eigenvalue weighted by Gasteiger charge is 2.06. The van der Waals surface area contributed by atoms with E-state index in [1.54, 1.807) is 11.3 Å². The molecule has 0 aromatic carbocycles. The van der Waals surface area contributed by atoms with Gasteiger partial charge in [-0.25, -0.2) is 4.98 Å². The largest absolute Gasteiger partial charge is 0.235 e. The molecule has 1 heterocycles. The Labute approximate surface area is 92.9 Å². The van der Waals surface area contributed by atoms with E-state index in [0.717, 1.165) is 18.7 Å². The lowest BCUT2D eigenvalue weighted by Crippen LogP contribution is -1.95. The van der Waals surface area contributed by atoms with E-state index in [9.17, 15) is 0 Å². The summed E-state index contributed by atoms with van der Waals surface area (Å²) in [6.45, 7) is 4.33. The van der Waals surface area contributed by atoms with Crippen LogP contribution in [0.15, 0.2) is 9.72 Å². The highest BCUT2D eigenvalue weighted by Crippen LogP contribution is 2.28. The highest BCUT2D eigenvalue weighted by atomic mass is 35.5. The van der Waals surface area contributed by atoms with Crippen LogP contribution >= 0.6 is 34.7 Å². The molecule has 1 nitrogen and oxygen atoms in total. The Morgan fingerprint density at radius 1 is 1.69 bits per heavy atom. The topological polar surface area (TPSA) is 12.9 Å². The molecular formula is C9H14ClNS2. The molecule has 4 heteroatoms. The van der Waals surface area contributed by atoms with E-state index in [1.807, 2.05) is 11.8 Å². The lowest BCUT2D eigenvalue weighted by molar-refractivity contribution is 0.909. The van der Waals surface area contributed by atoms with Crippen molar-refractivity contribution in [2.45, 2.75) is 36.3 Å². The van der Waals surface area contributed by atoms with Gasteiger partial charge in [0.2, 0.25) is 0 Å². The van der Waals surface area contributed by atoms with Gasteiger partial charge >= 0.3 is 0 Å². The lowest BCUT2D eigenvalue weighted by atomic mass is 10.4. The summed E-state index contributed by atoms with van der Waals surface area (Å²) in [7, 11) is 0. The molecule has 1 rings (SSSR count). The zero-order valence-electron chi connectivity index (χ0n) is 7.92. The van der Waals surface area contributed by atoms with E-state index in [0.29, 0.717) is 5.25 Å². The van der Waals surface area contributed by atoms with Crippen molar-refractivity contribution >= 4 is 34.7 Å². The van der Waals surface area contributed by atoms with Gasteiger partial charge in [-0.2, -0.15) is 0 Å². The molecular weight excluding hydrogens is 222 g/mol. The van der Waals surface area contributed by atoms with E-state index < -0.39 is 0 Å². The predicted molar refractivity (Wildman–Crippen MR) is 62.1 cm³/mol. The Morgan fingerprint density at radius 3 is 3.00 bits per heavy atom. The van der Waals surface area contributed by atoms with Crippen LogP contribution in [0.1, 0.15) is 26.0 Å². The minimum Gasteiger partial charge on any atom is -0.235 e. The number of rotatable bonds is 5. The number of aromatic nitrogens is 1. The molecule has 0 spiro atoms. The van der Waals surface area contributed by atoms with E-state index in [-0.39, 0.29) is 0 Å². The fourth-order valence-electron chi connectivity index (χ4n) is 0.890. The van der Waals surface area contributed by atoms with Gasteiger partial charge in [0.25, 0.3) is 0 Å². The van der Waals surface area contributed by atoms with E-state index in [4.69, 9.17) is 11.6 Å². The first-order valence-electron chi connectivity index (χ1n) is 4.43. The molecule has 0 amide bonds. The van der Waals surface area contributed by atoms with Gasteiger partial charge in [-0.15, -0.1) is 22.9 Å². The SMILES string of the molecule is CCc1csc(SC(C)CCCl)n1. The molecule has 0 fully saturated rings. The van der Waals surface area contributed by atoms with Crippen molar-refractivity contribution in [2.75, 3.05) is 5.88 Å². The molecule has 0 saturated carbocycles. The third-order valence-electron chi connectivity index (χ3n) is 1.71. The molecule has 1 atom stereocenters. The fraction of sp³-hybridized carbons (Fsp3) is 0.667. The predicted octanol–water partition coefficient (Wildman–Crippen LogP) is 3.82. The molecule has 0 saturated heterocycles. The van der Waals surface area contributed by atoms with Gasteiger partial charge in [-0.05, 0) is 12.8 Å².